The first kappa shape index (κ1) is 20.8. The van der Waals surface area contributed by atoms with Gasteiger partial charge in [0.05, 0.1) is 17.9 Å². The Morgan fingerprint density at radius 1 is 1.12 bits per heavy atom. The number of anilines is 2. The van der Waals surface area contributed by atoms with E-state index in [1.165, 1.54) is 6.33 Å². The molecule has 2 N–H and O–H groups in total. The minimum atomic E-state index is -1.06. The van der Waals surface area contributed by atoms with E-state index in [0.29, 0.717) is 29.1 Å². The van der Waals surface area contributed by atoms with Gasteiger partial charge in [-0.15, -0.1) is 0 Å². The summed E-state index contributed by atoms with van der Waals surface area (Å²) in [6, 6.07) is 5.79. The molecule has 168 valence electrons. The zero-order valence-corrected chi connectivity index (χ0v) is 18.4. The molecule has 0 spiro atoms. The van der Waals surface area contributed by atoms with Crippen LogP contribution in [-0.4, -0.2) is 36.4 Å². The molecule has 0 radical (unpaired) electrons. The van der Waals surface area contributed by atoms with Crippen LogP contribution in [0.4, 0.5) is 11.6 Å². The van der Waals surface area contributed by atoms with Crippen molar-refractivity contribution in [2.75, 3.05) is 11.9 Å². The SMILES string of the molecule is CC(C)(O)c1cc(Nc2cc(Oc3cn(C4CC4)nc3C3CCCCO3)ccn2)ncn1. The second kappa shape index (κ2) is 8.48. The molecule has 1 saturated heterocycles. The van der Waals surface area contributed by atoms with Crippen molar-refractivity contribution in [3.63, 3.8) is 0 Å². The Morgan fingerprint density at radius 3 is 2.72 bits per heavy atom. The van der Waals surface area contributed by atoms with E-state index in [0.717, 1.165) is 50.2 Å². The molecule has 4 heterocycles. The van der Waals surface area contributed by atoms with E-state index in [4.69, 9.17) is 14.6 Å². The zero-order valence-electron chi connectivity index (χ0n) is 18.4. The van der Waals surface area contributed by atoms with Gasteiger partial charge in [0.15, 0.2) is 5.75 Å². The minimum Gasteiger partial charge on any atom is -0.453 e. The Hall–Kier alpha value is -3.04. The average molecular weight is 437 g/mol. The average Bonchev–Trinajstić information content (AvgIpc) is 3.55. The highest BCUT2D eigenvalue weighted by molar-refractivity contribution is 5.54. The fourth-order valence-electron chi connectivity index (χ4n) is 3.73. The van der Waals surface area contributed by atoms with E-state index in [9.17, 15) is 5.11 Å². The lowest BCUT2D eigenvalue weighted by atomic mass is 10.1. The summed E-state index contributed by atoms with van der Waals surface area (Å²) in [5, 5.41) is 18.2. The van der Waals surface area contributed by atoms with Crippen molar-refractivity contribution >= 4 is 11.6 Å². The molecule has 1 aliphatic heterocycles. The molecule has 1 saturated carbocycles. The highest BCUT2D eigenvalue weighted by Gasteiger charge is 2.30. The van der Waals surface area contributed by atoms with Gasteiger partial charge in [-0.3, -0.25) is 4.68 Å². The van der Waals surface area contributed by atoms with Gasteiger partial charge in [-0.05, 0) is 52.0 Å². The predicted molar refractivity (Wildman–Crippen MR) is 118 cm³/mol. The minimum absolute atomic E-state index is 0.0283. The number of nitrogens with zero attached hydrogens (tertiary/aromatic N) is 5. The Bertz CT molecular complexity index is 1080. The summed E-state index contributed by atoms with van der Waals surface area (Å²) in [6.07, 6.45) is 10.5. The third kappa shape index (κ3) is 4.73. The Morgan fingerprint density at radius 2 is 1.97 bits per heavy atom. The van der Waals surface area contributed by atoms with Crippen molar-refractivity contribution in [3.05, 3.63) is 48.3 Å². The van der Waals surface area contributed by atoms with Crippen molar-refractivity contribution in [1.29, 1.82) is 0 Å². The molecule has 32 heavy (non-hydrogen) atoms. The largest absolute Gasteiger partial charge is 0.453 e. The van der Waals surface area contributed by atoms with Gasteiger partial charge < -0.3 is 19.9 Å². The molecule has 9 nitrogen and oxygen atoms in total. The van der Waals surface area contributed by atoms with Gasteiger partial charge in [0, 0.05) is 24.9 Å². The van der Waals surface area contributed by atoms with Crippen LogP contribution >= 0.6 is 0 Å². The summed E-state index contributed by atoms with van der Waals surface area (Å²) in [7, 11) is 0. The Balaban J connectivity index is 1.36. The van der Waals surface area contributed by atoms with E-state index < -0.39 is 5.60 Å². The van der Waals surface area contributed by atoms with E-state index in [1.807, 2.05) is 23.0 Å². The quantitative estimate of drug-likeness (QED) is 0.561. The third-order valence-corrected chi connectivity index (χ3v) is 5.64. The van der Waals surface area contributed by atoms with Crippen molar-refractivity contribution < 1.29 is 14.6 Å². The van der Waals surface area contributed by atoms with Gasteiger partial charge in [0.25, 0.3) is 0 Å². The highest BCUT2D eigenvalue weighted by Crippen LogP contribution is 2.40. The van der Waals surface area contributed by atoms with E-state index in [2.05, 4.69) is 20.3 Å². The maximum Gasteiger partial charge on any atom is 0.171 e. The number of pyridine rings is 1. The van der Waals surface area contributed by atoms with Crippen LogP contribution in [0.25, 0.3) is 0 Å². The summed E-state index contributed by atoms with van der Waals surface area (Å²) in [6.45, 7) is 4.12. The second-order valence-electron chi connectivity index (χ2n) is 8.90. The molecule has 9 heteroatoms. The summed E-state index contributed by atoms with van der Waals surface area (Å²) < 4.78 is 14.3. The third-order valence-electron chi connectivity index (χ3n) is 5.64. The molecular weight excluding hydrogens is 408 g/mol. The van der Waals surface area contributed by atoms with Gasteiger partial charge in [-0.25, -0.2) is 15.0 Å². The van der Waals surface area contributed by atoms with E-state index >= 15 is 0 Å². The molecule has 2 fully saturated rings. The number of rotatable bonds is 7. The van der Waals surface area contributed by atoms with Crippen LogP contribution in [0, 0.1) is 0 Å². The number of hydrogen-bond acceptors (Lipinski definition) is 8. The number of nitrogens with one attached hydrogen (secondary N) is 1. The smallest absolute Gasteiger partial charge is 0.171 e. The number of ether oxygens (including phenoxy) is 2. The first-order valence-corrected chi connectivity index (χ1v) is 11.1. The molecule has 1 atom stereocenters. The fraction of sp³-hybridized carbons (Fsp3) is 0.478. The molecule has 1 aliphatic carbocycles. The van der Waals surface area contributed by atoms with Crippen LogP contribution in [0.15, 0.2) is 36.9 Å². The second-order valence-corrected chi connectivity index (χ2v) is 8.90. The first-order valence-electron chi connectivity index (χ1n) is 11.1. The number of aliphatic hydroxyl groups is 1. The molecule has 1 unspecified atom stereocenters. The lowest BCUT2D eigenvalue weighted by molar-refractivity contribution is 0.0109. The monoisotopic (exact) mass is 436 g/mol. The molecule has 0 amide bonds. The fourth-order valence-corrected chi connectivity index (χ4v) is 3.73. The van der Waals surface area contributed by atoms with Crippen LogP contribution in [0.5, 0.6) is 11.5 Å². The number of hydrogen-bond donors (Lipinski definition) is 2. The van der Waals surface area contributed by atoms with Gasteiger partial charge in [-0.2, -0.15) is 5.10 Å². The van der Waals surface area contributed by atoms with E-state index in [-0.39, 0.29) is 6.10 Å². The van der Waals surface area contributed by atoms with Crippen LogP contribution in [0.1, 0.15) is 69.5 Å². The van der Waals surface area contributed by atoms with Crippen LogP contribution in [0.3, 0.4) is 0 Å². The van der Waals surface area contributed by atoms with Gasteiger partial charge in [-0.1, -0.05) is 0 Å². The standard InChI is InChI=1S/C23H28N6O3/c1-23(2,30)19-12-21(26-14-25-19)27-20-11-16(8-9-24-20)32-18-13-29(15-6-7-15)28-22(18)17-5-3-4-10-31-17/h8-9,11-15,17,30H,3-7,10H2,1-2H3,(H,24,25,26,27). The summed E-state index contributed by atoms with van der Waals surface area (Å²) >= 11 is 0. The summed E-state index contributed by atoms with van der Waals surface area (Å²) in [5.74, 6) is 2.49. The molecule has 3 aromatic rings. The predicted octanol–water partition coefficient (Wildman–Crippen LogP) is 4.41. The van der Waals surface area contributed by atoms with Crippen molar-refractivity contribution in [1.82, 2.24) is 24.7 Å². The van der Waals surface area contributed by atoms with Crippen molar-refractivity contribution in [3.8, 4) is 11.5 Å². The maximum absolute atomic E-state index is 10.2. The van der Waals surface area contributed by atoms with Gasteiger partial charge in [0.2, 0.25) is 0 Å². The molecule has 5 rings (SSSR count). The van der Waals surface area contributed by atoms with Crippen molar-refractivity contribution in [2.24, 2.45) is 0 Å². The topological polar surface area (TPSA) is 107 Å². The van der Waals surface area contributed by atoms with E-state index in [1.54, 1.807) is 26.1 Å². The molecular formula is C23H28N6O3. The molecule has 0 bridgehead atoms. The normalized spacial score (nSPS) is 19.0. The first-order chi connectivity index (χ1) is 15.5. The number of aromatic nitrogens is 5. The lowest BCUT2D eigenvalue weighted by Gasteiger charge is -2.21. The summed E-state index contributed by atoms with van der Waals surface area (Å²) in [4.78, 5) is 12.7. The van der Waals surface area contributed by atoms with Crippen molar-refractivity contribution in [2.45, 2.75) is 63.7 Å². The highest BCUT2D eigenvalue weighted by atomic mass is 16.5. The zero-order chi connectivity index (χ0) is 22.1. The Labute approximate surface area is 186 Å². The molecule has 0 aromatic carbocycles. The summed E-state index contributed by atoms with van der Waals surface area (Å²) in [5.41, 5.74) is 0.331. The Kier molecular flexibility index (Phi) is 5.52. The van der Waals surface area contributed by atoms with Crippen LogP contribution in [-0.2, 0) is 10.3 Å². The molecule has 3 aromatic heterocycles. The van der Waals surface area contributed by atoms with Crippen LogP contribution < -0.4 is 10.1 Å². The maximum atomic E-state index is 10.2. The molecule has 2 aliphatic rings. The lowest BCUT2D eigenvalue weighted by Crippen LogP contribution is -2.17. The van der Waals surface area contributed by atoms with Gasteiger partial charge >= 0.3 is 0 Å². The van der Waals surface area contributed by atoms with Gasteiger partial charge in [0.1, 0.15) is 41.1 Å². The van der Waals surface area contributed by atoms with Crippen LogP contribution in [0.2, 0.25) is 0 Å².